The van der Waals surface area contributed by atoms with Gasteiger partial charge in [0.25, 0.3) is 0 Å². The normalized spacial score (nSPS) is 13.4. The molecule has 134 valence electrons. The highest BCUT2D eigenvalue weighted by Gasteiger charge is 2.07. The summed E-state index contributed by atoms with van der Waals surface area (Å²) in [5.74, 6) is 0.897. The summed E-state index contributed by atoms with van der Waals surface area (Å²) < 4.78 is 30.6. The van der Waals surface area contributed by atoms with Crippen LogP contribution < -0.4 is 0 Å². The van der Waals surface area contributed by atoms with E-state index in [9.17, 15) is 8.42 Å². The van der Waals surface area contributed by atoms with Crippen molar-refractivity contribution in [3.63, 3.8) is 0 Å². The van der Waals surface area contributed by atoms with Crippen molar-refractivity contribution in [2.45, 2.75) is 90.9 Å². The molecule has 0 bridgehead atoms. The summed E-state index contributed by atoms with van der Waals surface area (Å²) in [7, 11) is -2.63. The number of rotatable bonds is 16. The fraction of sp³-hybridized carbons (Fsp3) is 1.00. The van der Waals surface area contributed by atoms with Crippen molar-refractivity contribution in [2.24, 2.45) is 5.92 Å². The van der Waals surface area contributed by atoms with Crippen molar-refractivity contribution in [3.05, 3.63) is 0 Å². The first kappa shape index (κ1) is 21.9. The first-order chi connectivity index (χ1) is 10.5. The third-order valence-corrected chi connectivity index (χ3v) is 4.92. The van der Waals surface area contributed by atoms with Crippen molar-refractivity contribution in [1.82, 2.24) is 0 Å². The van der Waals surface area contributed by atoms with Gasteiger partial charge in [-0.2, -0.15) is 8.42 Å². The second-order valence-electron chi connectivity index (χ2n) is 6.26. The molecule has 22 heavy (non-hydrogen) atoms. The van der Waals surface area contributed by atoms with E-state index in [1.807, 2.05) is 0 Å². The minimum absolute atomic E-state index is 0.228. The summed E-state index contributed by atoms with van der Waals surface area (Å²) in [6.07, 6.45) is 15.0. The first-order valence-electron chi connectivity index (χ1n) is 8.96. The van der Waals surface area contributed by atoms with Crippen LogP contribution in [0.5, 0.6) is 0 Å². The predicted molar refractivity (Wildman–Crippen MR) is 92.1 cm³/mol. The second-order valence-corrected chi connectivity index (χ2v) is 7.65. The van der Waals surface area contributed by atoms with Crippen LogP contribution in [0.15, 0.2) is 0 Å². The quantitative estimate of drug-likeness (QED) is 0.362. The fourth-order valence-electron chi connectivity index (χ4n) is 2.68. The third-order valence-electron chi connectivity index (χ3n) is 4.05. The Balaban J connectivity index is 3.18. The molecule has 0 fully saturated rings. The van der Waals surface area contributed by atoms with E-state index in [4.69, 9.17) is 0 Å². The van der Waals surface area contributed by atoms with E-state index in [1.165, 1.54) is 57.8 Å². The Morgan fingerprint density at radius 1 is 0.818 bits per heavy atom. The molecule has 1 unspecified atom stereocenters. The molecule has 0 saturated heterocycles. The summed E-state index contributed by atoms with van der Waals surface area (Å²) >= 11 is 0. The summed E-state index contributed by atoms with van der Waals surface area (Å²) in [6, 6.07) is 0. The SMILES string of the molecule is CCCC(C)CCCCCCCCCCCOS(=O)(=O)OC. The van der Waals surface area contributed by atoms with E-state index < -0.39 is 10.4 Å². The van der Waals surface area contributed by atoms with E-state index in [-0.39, 0.29) is 6.61 Å². The second kappa shape index (κ2) is 14.5. The summed E-state index contributed by atoms with van der Waals surface area (Å²) in [4.78, 5) is 0. The number of hydrogen-bond acceptors (Lipinski definition) is 4. The summed E-state index contributed by atoms with van der Waals surface area (Å²) in [5, 5.41) is 0. The molecule has 0 amide bonds. The van der Waals surface area contributed by atoms with Crippen molar-refractivity contribution in [3.8, 4) is 0 Å². The van der Waals surface area contributed by atoms with Crippen molar-refractivity contribution in [1.29, 1.82) is 0 Å². The van der Waals surface area contributed by atoms with Crippen LogP contribution in [-0.4, -0.2) is 22.1 Å². The lowest BCUT2D eigenvalue weighted by molar-refractivity contribution is 0.238. The third kappa shape index (κ3) is 14.8. The number of hydrogen-bond donors (Lipinski definition) is 0. The molecular weight excluding hydrogens is 300 g/mol. The highest BCUT2D eigenvalue weighted by Crippen LogP contribution is 2.16. The lowest BCUT2D eigenvalue weighted by atomic mass is 9.98. The molecule has 0 aliphatic carbocycles. The maximum atomic E-state index is 10.9. The van der Waals surface area contributed by atoms with Crippen LogP contribution in [-0.2, 0) is 18.8 Å². The molecule has 0 radical (unpaired) electrons. The Morgan fingerprint density at radius 3 is 1.82 bits per heavy atom. The maximum Gasteiger partial charge on any atom is 0.399 e. The Bertz CT molecular complexity index is 328. The summed E-state index contributed by atoms with van der Waals surface area (Å²) in [6.45, 7) is 4.86. The molecule has 5 heteroatoms. The largest absolute Gasteiger partial charge is 0.399 e. The molecule has 0 rings (SSSR count). The highest BCUT2D eigenvalue weighted by molar-refractivity contribution is 7.81. The minimum Gasteiger partial charge on any atom is -0.252 e. The van der Waals surface area contributed by atoms with Gasteiger partial charge in [-0.3, -0.25) is 4.18 Å². The van der Waals surface area contributed by atoms with Crippen molar-refractivity contribution < 1.29 is 16.8 Å². The van der Waals surface area contributed by atoms with Gasteiger partial charge in [0.1, 0.15) is 0 Å². The molecule has 0 heterocycles. The van der Waals surface area contributed by atoms with Crippen LogP contribution in [0.4, 0.5) is 0 Å². The number of unbranched alkanes of at least 4 members (excludes halogenated alkanes) is 8. The van der Waals surface area contributed by atoms with Gasteiger partial charge >= 0.3 is 10.4 Å². The molecule has 0 N–H and O–H groups in total. The Labute approximate surface area is 138 Å². The average molecular weight is 337 g/mol. The van der Waals surface area contributed by atoms with Gasteiger partial charge in [0, 0.05) is 0 Å². The Hall–Kier alpha value is -0.130. The molecule has 0 aliphatic rings. The van der Waals surface area contributed by atoms with Gasteiger partial charge in [-0.25, -0.2) is 4.18 Å². The molecule has 0 saturated carbocycles. The standard InChI is InChI=1S/C17H36O4S/c1-4-14-17(2)15-12-10-8-6-5-7-9-11-13-16-21-22(18,19)20-3/h17H,4-16H2,1-3H3. The Kier molecular flexibility index (Phi) is 14.4. The fourth-order valence-corrected chi connectivity index (χ4v) is 3.10. The van der Waals surface area contributed by atoms with Gasteiger partial charge in [-0.05, 0) is 12.3 Å². The van der Waals surface area contributed by atoms with Crippen LogP contribution in [0.25, 0.3) is 0 Å². The lowest BCUT2D eigenvalue weighted by Gasteiger charge is -2.09. The van der Waals surface area contributed by atoms with Crippen molar-refractivity contribution >= 4 is 10.4 Å². The van der Waals surface area contributed by atoms with E-state index in [0.717, 1.165) is 32.3 Å². The molecule has 0 aliphatic heterocycles. The van der Waals surface area contributed by atoms with Crippen LogP contribution in [0.3, 0.4) is 0 Å². The Morgan fingerprint density at radius 2 is 1.32 bits per heavy atom. The molecule has 1 atom stereocenters. The van der Waals surface area contributed by atoms with E-state index >= 15 is 0 Å². The zero-order chi connectivity index (χ0) is 16.7. The van der Waals surface area contributed by atoms with Crippen LogP contribution in [0.1, 0.15) is 90.9 Å². The molecule has 0 aromatic heterocycles. The van der Waals surface area contributed by atoms with Crippen LogP contribution in [0.2, 0.25) is 0 Å². The average Bonchev–Trinajstić information content (AvgIpc) is 2.48. The van der Waals surface area contributed by atoms with Gasteiger partial charge in [-0.1, -0.05) is 84.5 Å². The molecular formula is C17H36O4S. The van der Waals surface area contributed by atoms with Crippen molar-refractivity contribution in [2.75, 3.05) is 13.7 Å². The predicted octanol–water partition coefficient (Wildman–Crippen LogP) is 5.23. The topological polar surface area (TPSA) is 52.6 Å². The molecule has 0 aromatic carbocycles. The molecule has 4 nitrogen and oxygen atoms in total. The lowest BCUT2D eigenvalue weighted by Crippen LogP contribution is -2.08. The van der Waals surface area contributed by atoms with Gasteiger partial charge in [0.05, 0.1) is 13.7 Å². The zero-order valence-electron chi connectivity index (χ0n) is 14.8. The van der Waals surface area contributed by atoms with Crippen LogP contribution >= 0.6 is 0 Å². The zero-order valence-corrected chi connectivity index (χ0v) is 15.6. The van der Waals surface area contributed by atoms with E-state index in [0.29, 0.717) is 0 Å². The molecule has 0 spiro atoms. The van der Waals surface area contributed by atoms with E-state index in [1.54, 1.807) is 0 Å². The minimum atomic E-state index is -3.74. The monoisotopic (exact) mass is 336 g/mol. The highest BCUT2D eigenvalue weighted by atomic mass is 32.3. The van der Waals surface area contributed by atoms with Gasteiger partial charge in [0.2, 0.25) is 0 Å². The summed E-state index contributed by atoms with van der Waals surface area (Å²) in [5.41, 5.74) is 0. The smallest absolute Gasteiger partial charge is 0.252 e. The van der Waals surface area contributed by atoms with Gasteiger partial charge in [0.15, 0.2) is 0 Å². The maximum absolute atomic E-state index is 10.9. The van der Waals surface area contributed by atoms with E-state index in [2.05, 4.69) is 22.2 Å². The van der Waals surface area contributed by atoms with Gasteiger partial charge in [-0.15, -0.1) is 0 Å². The molecule has 0 aromatic rings. The van der Waals surface area contributed by atoms with Gasteiger partial charge < -0.3 is 0 Å². The van der Waals surface area contributed by atoms with Crippen LogP contribution in [0, 0.1) is 5.92 Å². The first-order valence-corrected chi connectivity index (χ1v) is 10.3.